The van der Waals surface area contributed by atoms with Crippen molar-refractivity contribution in [2.24, 2.45) is 4.99 Å². The SMILES string of the molecule is CCCCCC(C)NC(=NCCC(=O)NC(C)C)NCC.I. The van der Waals surface area contributed by atoms with Crippen LogP contribution >= 0.6 is 24.0 Å². The molecule has 0 aliphatic heterocycles. The molecule has 132 valence electrons. The average Bonchev–Trinajstić information content (AvgIpc) is 2.38. The molecule has 0 heterocycles. The highest BCUT2D eigenvalue weighted by Gasteiger charge is 2.06. The third kappa shape index (κ3) is 14.4. The second-order valence-corrected chi connectivity index (χ2v) is 5.77. The van der Waals surface area contributed by atoms with Crippen molar-refractivity contribution in [3.63, 3.8) is 0 Å². The van der Waals surface area contributed by atoms with Crippen LogP contribution < -0.4 is 16.0 Å². The molecular weight excluding hydrogens is 391 g/mol. The van der Waals surface area contributed by atoms with E-state index < -0.39 is 0 Å². The topological polar surface area (TPSA) is 65.5 Å². The van der Waals surface area contributed by atoms with Crippen molar-refractivity contribution in [2.45, 2.75) is 78.8 Å². The van der Waals surface area contributed by atoms with Crippen LogP contribution in [0.2, 0.25) is 0 Å². The summed E-state index contributed by atoms with van der Waals surface area (Å²) in [7, 11) is 0. The molecule has 0 fully saturated rings. The van der Waals surface area contributed by atoms with Gasteiger partial charge in [-0.2, -0.15) is 0 Å². The summed E-state index contributed by atoms with van der Waals surface area (Å²) in [5.41, 5.74) is 0. The van der Waals surface area contributed by atoms with Crippen LogP contribution in [0.3, 0.4) is 0 Å². The zero-order valence-electron chi connectivity index (χ0n) is 14.9. The zero-order valence-corrected chi connectivity index (χ0v) is 17.2. The van der Waals surface area contributed by atoms with Gasteiger partial charge < -0.3 is 16.0 Å². The molecule has 0 aliphatic carbocycles. The highest BCUT2D eigenvalue weighted by molar-refractivity contribution is 14.0. The number of nitrogens with one attached hydrogen (secondary N) is 3. The van der Waals surface area contributed by atoms with Crippen molar-refractivity contribution in [1.82, 2.24) is 16.0 Å². The van der Waals surface area contributed by atoms with Crippen LogP contribution in [0.4, 0.5) is 0 Å². The van der Waals surface area contributed by atoms with E-state index in [0.717, 1.165) is 18.9 Å². The fraction of sp³-hybridized carbons (Fsp3) is 0.875. The van der Waals surface area contributed by atoms with E-state index in [1.165, 1.54) is 19.3 Å². The van der Waals surface area contributed by atoms with E-state index >= 15 is 0 Å². The highest BCUT2D eigenvalue weighted by Crippen LogP contribution is 2.02. The first-order valence-electron chi connectivity index (χ1n) is 8.33. The normalized spacial score (nSPS) is 12.5. The van der Waals surface area contributed by atoms with Gasteiger partial charge >= 0.3 is 0 Å². The standard InChI is InChI=1S/C16H34N4O.HI/c1-6-8-9-10-14(5)20-16(17-7-2)18-12-11-15(21)19-13(3)4;/h13-14H,6-12H2,1-5H3,(H,19,21)(H2,17,18,20);1H. The largest absolute Gasteiger partial charge is 0.357 e. The Hall–Kier alpha value is -0.530. The number of unbranched alkanes of at least 4 members (excludes halogenated alkanes) is 2. The zero-order chi connectivity index (χ0) is 16.1. The summed E-state index contributed by atoms with van der Waals surface area (Å²) in [6, 6.07) is 0.588. The van der Waals surface area contributed by atoms with Gasteiger partial charge in [0.25, 0.3) is 0 Å². The lowest BCUT2D eigenvalue weighted by Crippen LogP contribution is -2.42. The van der Waals surface area contributed by atoms with Crippen LogP contribution in [0, 0.1) is 0 Å². The van der Waals surface area contributed by atoms with Gasteiger partial charge in [-0.15, -0.1) is 24.0 Å². The summed E-state index contributed by atoms with van der Waals surface area (Å²) >= 11 is 0. The third-order valence-corrected chi connectivity index (χ3v) is 3.03. The fourth-order valence-corrected chi connectivity index (χ4v) is 1.99. The number of amides is 1. The maximum Gasteiger partial charge on any atom is 0.222 e. The lowest BCUT2D eigenvalue weighted by atomic mass is 10.1. The van der Waals surface area contributed by atoms with Gasteiger partial charge in [-0.1, -0.05) is 26.2 Å². The second-order valence-electron chi connectivity index (χ2n) is 5.77. The minimum atomic E-state index is 0. The van der Waals surface area contributed by atoms with Gasteiger partial charge in [-0.3, -0.25) is 9.79 Å². The molecule has 3 N–H and O–H groups in total. The Bertz CT molecular complexity index is 309. The van der Waals surface area contributed by atoms with Crippen LogP contribution in [-0.2, 0) is 4.79 Å². The van der Waals surface area contributed by atoms with E-state index in [2.05, 4.69) is 34.8 Å². The molecule has 1 amide bonds. The highest BCUT2D eigenvalue weighted by atomic mass is 127. The molecule has 0 radical (unpaired) electrons. The summed E-state index contributed by atoms with van der Waals surface area (Å²) in [5.74, 6) is 0.861. The summed E-state index contributed by atoms with van der Waals surface area (Å²) in [5, 5.41) is 9.50. The molecule has 22 heavy (non-hydrogen) atoms. The van der Waals surface area contributed by atoms with Gasteiger partial charge in [0.05, 0.1) is 6.54 Å². The number of rotatable bonds is 10. The summed E-state index contributed by atoms with van der Waals surface area (Å²) in [6.45, 7) is 11.7. The summed E-state index contributed by atoms with van der Waals surface area (Å²) < 4.78 is 0. The molecule has 0 aromatic heterocycles. The summed E-state index contributed by atoms with van der Waals surface area (Å²) in [4.78, 5) is 16.0. The van der Waals surface area contributed by atoms with Gasteiger partial charge in [0.1, 0.15) is 0 Å². The van der Waals surface area contributed by atoms with E-state index in [9.17, 15) is 4.79 Å². The van der Waals surface area contributed by atoms with Crippen molar-refractivity contribution in [2.75, 3.05) is 13.1 Å². The number of hydrogen-bond donors (Lipinski definition) is 3. The Labute approximate surface area is 153 Å². The molecule has 0 spiro atoms. The number of halogens is 1. The van der Waals surface area contributed by atoms with Crippen LogP contribution in [-0.4, -0.2) is 37.0 Å². The molecule has 5 nitrogen and oxygen atoms in total. The Balaban J connectivity index is 0. The molecule has 0 rings (SSSR count). The maximum atomic E-state index is 11.6. The Morgan fingerprint density at radius 3 is 2.32 bits per heavy atom. The quantitative estimate of drug-likeness (QED) is 0.218. The molecule has 0 saturated heterocycles. The first-order chi connectivity index (χ1) is 9.99. The number of nitrogens with zero attached hydrogens (tertiary/aromatic N) is 1. The van der Waals surface area contributed by atoms with E-state index in [-0.39, 0.29) is 35.9 Å². The second kappa shape index (κ2) is 15.4. The van der Waals surface area contributed by atoms with E-state index in [0.29, 0.717) is 19.0 Å². The minimum Gasteiger partial charge on any atom is -0.357 e. The van der Waals surface area contributed by atoms with Crippen LogP contribution in [0.1, 0.15) is 66.7 Å². The van der Waals surface area contributed by atoms with Crippen molar-refractivity contribution < 1.29 is 4.79 Å². The van der Waals surface area contributed by atoms with E-state index in [1.54, 1.807) is 0 Å². The third-order valence-electron chi connectivity index (χ3n) is 3.03. The van der Waals surface area contributed by atoms with Crippen LogP contribution in [0.5, 0.6) is 0 Å². The smallest absolute Gasteiger partial charge is 0.222 e. The lowest BCUT2D eigenvalue weighted by Gasteiger charge is -2.17. The molecule has 6 heteroatoms. The lowest BCUT2D eigenvalue weighted by molar-refractivity contribution is -0.121. The van der Waals surface area contributed by atoms with Crippen molar-refractivity contribution in [3.05, 3.63) is 0 Å². The Kier molecular flexibility index (Phi) is 16.6. The van der Waals surface area contributed by atoms with Gasteiger partial charge in [0, 0.05) is 25.0 Å². The van der Waals surface area contributed by atoms with Gasteiger partial charge in [-0.05, 0) is 34.1 Å². The van der Waals surface area contributed by atoms with Gasteiger partial charge in [0.2, 0.25) is 5.91 Å². The number of carbonyl (C=O) groups is 1. The van der Waals surface area contributed by atoms with Crippen molar-refractivity contribution in [3.8, 4) is 0 Å². The van der Waals surface area contributed by atoms with E-state index in [1.807, 2.05) is 20.8 Å². The predicted octanol–water partition coefficient (Wildman–Crippen LogP) is 3.04. The molecule has 0 aromatic carbocycles. The molecule has 0 bridgehead atoms. The minimum absolute atomic E-state index is 0. The van der Waals surface area contributed by atoms with E-state index in [4.69, 9.17) is 0 Å². The summed E-state index contributed by atoms with van der Waals surface area (Å²) in [6.07, 6.45) is 5.33. The number of guanidine groups is 1. The molecule has 1 unspecified atom stereocenters. The molecular formula is C16H35IN4O. The van der Waals surface area contributed by atoms with Crippen molar-refractivity contribution in [1.29, 1.82) is 0 Å². The maximum absolute atomic E-state index is 11.6. The Morgan fingerprint density at radius 2 is 1.77 bits per heavy atom. The monoisotopic (exact) mass is 426 g/mol. The molecule has 1 atom stereocenters. The average molecular weight is 426 g/mol. The fourth-order valence-electron chi connectivity index (χ4n) is 1.99. The molecule has 0 aliphatic rings. The molecule has 0 saturated carbocycles. The van der Waals surface area contributed by atoms with Gasteiger partial charge in [-0.25, -0.2) is 0 Å². The van der Waals surface area contributed by atoms with Crippen LogP contribution in [0.25, 0.3) is 0 Å². The van der Waals surface area contributed by atoms with Gasteiger partial charge in [0.15, 0.2) is 5.96 Å². The Morgan fingerprint density at radius 1 is 1.09 bits per heavy atom. The molecule has 0 aromatic rings. The van der Waals surface area contributed by atoms with Crippen molar-refractivity contribution >= 4 is 35.8 Å². The number of aliphatic imine (C=N–C) groups is 1. The first kappa shape index (κ1) is 23.7. The number of carbonyl (C=O) groups excluding carboxylic acids is 1. The first-order valence-corrected chi connectivity index (χ1v) is 8.33. The van der Waals surface area contributed by atoms with Crippen LogP contribution in [0.15, 0.2) is 4.99 Å². The predicted molar refractivity (Wildman–Crippen MR) is 106 cm³/mol. The number of hydrogen-bond acceptors (Lipinski definition) is 2.